The van der Waals surface area contributed by atoms with Crippen molar-refractivity contribution in [2.24, 2.45) is 16.1 Å². The maximum Gasteiger partial charge on any atom is 0.267 e. The summed E-state index contributed by atoms with van der Waals surface area (Å²) in [6.07, 6.45) is 7.12. The third-order valence-electron chi connectivity index (χ3n) is 5.44. The highest BCUT2D eigenvalue weighted by atomic mass is 32.2. The Kier molecular flexibility index (Phi) is 9.21. The number of allylic oxidation sites excluding steroid dienone is 2. The van der Waals surface area contributed by atoms with E-state index in [0.717, 1.165) is 16.7 Å². The number of carbonyl (C=O) groups is 1. The van der Waals surface area contributed by atoms with Crippen molar-refractivity contribution in [3.8, 4) is 11.5 Å². The van der Waals surface area contributed by atoms with Crippen LogP contribution in [0.5, 0.6) is 11.5 Å². The Hall–Kier alpha value is -4.04. The van der Waals surface area contributed by atoms with Crippen molar-refractivity contribution in [2.75, 3.05) is 13.7 Å². The summed E-state index contributed by atoms with van der Waals surface area (Å²) in [5.41, 5.74) is 2.83. The van der Waals surface area contributed by atoms with E-state index in [2.05, 4.69) is 24.1 Å². The number of amides is 1. The molecule has 0 spiro atoms. The molecule has 0 radical (unpaired) electrons. The SMILES string of the molecule is COc1cc(/C=N\N=C2\S/C(=C\C(C)=C\c3ccccc3)C(=O)N2Cc2ccco2)ccc1OCC(C)C. The van der Waals surface area contributed by atoms with Gasteiger partial charge in [-0.25, -0.2) is 0 Å². The number of amidine groups is 1. The molecule has 1 saturated heterocycles. The summed E-state index contributed by atoms with van der Waals surface area (Å²) in [4.78, 5) is 15.4. The van der Waals surface area contributed by atoms with E-state index in [1.165, 1.54) is 11.8 Å². The van der Waals surface area contributed by atoms with Crippen molar-refractivity contribution >= 4 is 35.1 Å². The fourth-order valence-corrected chi connectivity index (χ4v) is 4.61. The fourth-order valence-electron chi connectivity index (χ4n) is 3.63. The van der Waals surface area contributed by atoms with Crippen LogP contribution in [-0.4, -0.2) is 35.9 Å². The second-order valence-corrected chi connectivity index (χ2v) is 10.1. The quantitative estimate of drug-likeness (QED) is 0.164. The molecule has 0 aliphatic carbocycles. The summed E-state index contributed by atoms with van der Waals surface area (Å²) >= 11 is 1.29. The number of benzene rings is 2. The van der Waals surface area contributed by atoms with Crippen molar-refractivity contribution in [1.29, 1.82) is 0 Å². The average Bonchev–Trinajstić information content (AvgIpc) is 3.52. The first kappa shape index (κ1) is 27.0. The van der Waals surface area contributed by atoms with Crippen LogP contribution in [-0.2, 0) is 11.3 Å². The molecule has 196 valence electrons. The van der Waals surface area contributed by atoms with Crippen molar-refractivity contribution in [1.82, 2.24) is 4.90 Å². The van der Waals surface area contributed by atoms with Crippen LogP contribution < -0.4 is 9.47 Å². The van der Waals surface area contributed by atoms with Crippen LogP contribution in [0.15, 0.2) is 98.1 Å². The van der Waals surface area contributed by atoms with E-state index in [1.807, 2.05) is 73.7 Å². The van der Waals surface area contributed by atoms with Crippen LogP contribution >= 0.6 is 11.8 Å². The van der Waals surface area contributed by atoms with Crippen LogP contribution in [0.4, 0.5) is 0 Å². The Morgan fingerprint density at radius 3 is 2.61 bits per heavy atom. The zero-order valence-electron chi connectivity index (χ0n) is 22.0. The minimum atomic E-state index is -0.144. The lowest BCUT2D eigenvalue weighted by Crippen LogP contribution is -2.28. The molecule has 1 fully saturated rings. The summed E-state index contributed by atoms with van der Waals surface area (Å²) in [5.74, 6) is 2.23. The van der Waals surface area contributed by atoms with Gasteiger partial charge in [-0.2, -0.15) is 5.10 Å². The van der Waals surface area contributed by atoms with Crippen LogP contribution in [0.2, 0.25) is 0 Å². The molecule has 1 aliphatic heterocycles. The standard InChI is InChI=1S/C30H31N3O4S/c1-21(2)20-37-26-13-12-24(17-27(26)35-4)18-31-32-30-33(19-25-11-8-14-36-25)29(34)28(38-30)16-22(3)15-23-9-6-5-7-10-23/h5-18,21H,19-20H2,1-4H3/b22-15+,28-16-,31-18-,32-30+. The average molecular weight is 530 g/mol. The summed E-state index contributed by atoms with van der Waals surface area (Å²) in [6.45, 7) is 7.02. The lowest BCUT2D eigenvalue weighted by atomic mass is 10.1. The highest BCUT2D eigenvalue weighted by Crippen LogP contribution is 2.33. The van der Waals surface area contributed by atoms with Crippen molar-refractivity contribution < 1.29 is 18.7 Å². The fraction of sp³-hybridized carbons (Fsp3) is 0.233. The largest absolute Gasteiger partial charge is 0.493 e. The zero-order valence-corrected chi connectivity index (χ0v) is 22.8. The molecule has 4 rings (SSSR count). The Bertz CT molecular complexity index is 1360. The summed E-state index contributed by atoms with van der Waals surface area (Å²) in [6, 6.07) is 19.2. The van der Waals surface area contributed by atoms with Crippen molar-refractivity contribution in [2.45, 2.75) is 27.3 Å². The number of hydrogen-bond acceptors (Lipinski definition) is 7. The zero-order chi connectivity index (χ0) is 26.9. The Balaban J connectivity index is 1.56. The summed E-state index contributed by atoms with van der Waals surface area (Å²) in [5, 5.41) is 9.14. The molecule has 7 nitrogen and oxygen atoms in total. The first-order valence-corrected chi connectivity index (χ1v) is 13.1. The molecule has 0 saturated carbocycles. The Morgan fingerprint density at radius 1 is 1.08 bits per heavy atom. The normalized spacial score (nSPS) is 16.4. The van der Waals surface area contributed by atoms with E-state index < -0.39 is 0 Å². The third-order valence-corrected chi connectivity index (χ3v) is 6.44. The van der Waals surface area contributed by atoms with Crippen molar-refractivity contribution in [3.63, 3.8) is 0 Å². The predicted molar refractivity (Wildman–Crippen MR) is 153 cm³/mol. The first-order chi connectivity index (χ1) is 18.4. The summed E-state index contributed by atoms with van der Waals surface area (Å²) < 4.78 is 16.8. The first-order valence-electron chi connectivity index (χ1n) is 12.3. The van der Waals surface area contributed by atoms with E-state index >= 15 is 0 Å². The minimum Gasteiger partial charge on any atom is -0.493 e. The molecule has 3 aromatic rings. The molecular formula is C30H31N3O4S. The van der Waals surface area contributed by atoms with Gasteiger partial charge < -0.3 is 13.9 Å². The molecule has 0 unspecified atom stereocenters. The molecule has 38 heavy (non-hydrogen) atoms. The molecular weight excluding hydrogens is 498 g/mol. The van der Waals surface area contributed by atoms with Crippen LogP contribution in [0.3, 0.4) is 0 Å². The highest BCUT2D eigenvalue weighted by molar-refractivity contribution is 8.18. The van der Waals surface area contributed by atoms with E-state index in [1.54, 1.807) is 30.6 Å². The van der Waals surface area contributed by atoms with Crippen LogP contribution in [0, 0.1) is 5.92 Å². The van der Waals surface area contributed by atoms with E-state index in [-0.39, 0.29) is 12.5 Å². The molecule has 2 aromatic carbocycles. The summed E-state index contributed by atoms with van der Waals surface area (Å²) in [7, 11) is 1.61. The maximum atomic E-state index is 13.3. The monoisotopic (exact) mass is 529 g/mol. The van der Waals surface area contributed by atoms with Gasteiger partial charge in [0.1, 0.15) is 5.76 Å². The van der Waals surface area contributed by atoms with Crippen LogP contribution in [0.25, 0.3) is 6.08 Å². The lowest BCUT2D eigenvalue weighted by molar-refractivity contribution is -0.122. The van der Waals surface area contributed by atoms with Gasteiger partial charge in [0, 0.05) is 0 Å². The van der Waals surface area contributed by atoms with Gasteiger partial charge in [-0.15, -0.1) is 5.10 Å². The number of nitrogens with zero attached hydrogens (tertiary/aromatic N) is 3. The molecule has 0 atom stereocenters. The molecule has 1 aliphatic rings. The number of hydrogen-bond donors (Lipinski definition) is 0. The third kappa shape index (κ3) is 7.26. The predicted octanol–water partition coefficient (Wildman–Crippen LogP) is 6.78. The van der Waals surface area contributed by atoms with E-state index in [9.17, 15) is 4.79 Å². The van der Waals surface area contributed by atoms with Crippen LogP contribution in [0.1, 0.15) is 37.7 Å². The van der Waals surface area contributed by atoms with E-state index in [4.69, 9.17) is 13.9 Å². The number of ether oxygens (including phenoxy) is 2. The molecule has 2 heterocycles. The van der Waals surface area contributed by atoms with Crippen molar-refractivity contribution in [3.05, 3.63) is 100 Å². The van der Waals surface area contributed by atoms with Gasteiger partial charge in [-0.3, -0.25) is 9.69 Å². The topological polar surface area (TPSA) is 76.6 Å². The maximum absolute atomic E-state index is 13.3. The van der Waals surface area contributed by atoms with Gasteiger partial charge in [0.15, 0.2) is 16.7 Å². The van der Waals surface area contributed by atoms with Gasteiger partial charge in [0.05, 0.1) is 37.6 Å². The number of carbonyl (C=O) groups excluding carboxylic acids is 1. The van der Waals surface area contributed by atoms with Gasteiger partial charge >= 0.3 is 0 Å². The van der Waals surface area contributed by atoms with E-state index in [0.29, 0.717) is 39.9 Å². The number of furan rings is 1. The molecule has 1 aromatic heterocycles. The number of rotatable bonds is 10. The molecule has 0 N–H and O–H groups in total. The van der Waals surface area contributed by atoms with Gasteiger partial charge in [0.2, 0.25) is 0 Å². The molecule has 8 heteroatoms. The second kappa shape index (κ2) is 13.0. The van der Waals surface area contributed by atoms with Gasteiger partial charge in [0.25, 0.3) is 5.91 Å². The van der Waals surface area contributed by atoms with Gasteiger partial charge in [-0.05, 0) is 77.7 Å². The second-order valence-electron chi connectivity index (χ2n) is 9.12. The lowest BCUT2D eigenvalue weighted by Gasteiger charge is -2.13. The smallest absolute Gasteiger partial charge is 0.267 e. The highest BCUT2D eigenvalue weighted by Gasteiger charge is 2.34. The Morgan fingerprint density at radius 2 is 1.89 bits per heavy atom. The van der Waals surface area contributed by atoms with Gasteiger partial charge in [-0.1, -0.05) is 50.3 Å². The number of methoxy groups -OCH3 is 1. The number of thioether (sulfide) groups is 1. The molecule has 0 bridgehead atoms. The molecule has 1 amide bonds. The Labute approximate surface area is 227 Å². The minimum absolute atomic E-state index is 0.144.